The second-order valence-corrected chi connectivity index (χ2v) is 5.64. The molecule has 0 bridgehead atoms. The number of carbonyl (C=O) groups is 2. The van der Waals surface area contributed by atoms with E-state index < -0.39 is 5.97 Å². The first kappa shape index (κ1) is 18.9. The molecule has 0 atom stereocenters. The number of hydrogen-bond acceptors (Lipinski definition) is 4. The van der Waals surface area contributed by atoms with E-state index in [1.165, 1.54) is 0 Å². The van der Waals surface area contributed by atoms with Gasteiger partial charge in [0, 0.05) is 18.2 Å². The molecule has 0 heterocycles. The molecule has 2 rings (SSSR count). The second-order valence-electron chi connectivity index (χ2n) is 5.64. The number of nitriles is 1. The van der Waals surface area contributed by atoms with Crippen molar-refractivity contribution in [2.45, 2.75) is 19.3 Å². The number of nitrogens with one attached hydrogen (secondary N) is 1. The van der Waals surface area contributed by atoms with Crippen LogP contribution in [0.25, 0.3) is 11.1 Å². The highest BCUT2D eigenvalue weighted by Gasteiger charge is 2.04. The van der Waals surface area contributed by atoms with Crippen molar-refractivity contribution in [2.75, 3.05) is 11.9 Å². The molecule has 2 aromatic carbocycles. The van der Waals surface area contributed by atoms with Gasteiger partial charge in [0.25, 0.3) is 0 Å². The van der Waals surface area contributed by atoms with Crippen LogP contribution in [0.3, 0.4) is 0 Å². The minimum atomic E-state index is -0.447. The molecule has 0 aromatic heterocycles. The Morgan fingerprint density at radius 1 is 1.04 bits per heavy atom. The molecule has 0 aliphatic heterocycles. The monoisotopic (exact) mass is 348 g/mol. The largest absolute Gasteiger partial charge is 0.463 e. The van der Waals surface area contributed by atoms with Gasteiger partial charge in [-0.3, -0.25) is 4.79 Å². The first-order valence-corrected chi connectivity index (χ1v) is 8.32. The minimum Gasteiger partial charge on any atom is -0.463 e. The molecule has 5 nitrogen and oxygen atoms in total. The Hall–Kier alpha value is -3.39. The molecule has 132 valence electrons. The zero-order valence-corrected chi connectivity index (χ0v) is 14.4. The maximum absolute atomic E-state index is 11.9. The van der Waals surface area contributed by atoms with E-state index in [1.807, 2.05) is 36.4 Å². The quantitative estimate of drug-likeness (QED) is 0.443. The van der Waals surface area contributed by atoms with Gasteiger partial charge in [-0.25, -0.2) is 4.79 Å². The summed E-state index contributed by atoms with van der Waals surface area (Å²) in [6.07, 6.45) is 2.75. The van der Waals surface area contributed by atoms with Gasteiger partial charge in [-0.1, -0.05) is 30.8 Å². The average Bonchev–Trinajstić information content (AvgIpc) is 2.68. The molecule has 5 heteroatoms. The molecule has 0 spiro atoms. The van der Waals surface area contributed by atoms with Gasteiger partial charge in [0.1, 0.15) is 0 Å². The van der Waals surface area contributed by atoms with Crippen molar-refractivity contribution in [3.63, 3.8) is 0 Å². The average molecular weight is 348 g/mol. The molecule has 26 heavy (non-hydrogen) atoms. The van der Waals surface area contributed by atoms with Gasteiger partial charge in [0.2, 0.25) is 5.91 Å². The molecule has 2 aromatic rings. The van der Waals surface area contributed by atoms with Crippen LogP contribution in [0.5, 0.6) is 0 Å². The number of carbonyl (C=O) groups excluding carboxylic acids is 2. The predicted octanol–water partition coefficient (Wildman–Crippen LogP) is 4.06. The summed E-state index contributed by atoms with van der Waals surface area (Å²) in [5, 5.41) is 11.7. The van der Waals surface area contributed by atoms with E-state index in [9.17, 15) is 9.59 Å². The molecule has 0 aliphatic rings. The van der Waals surface area contributed by atoms with Crippen molar-refractivity contribution < 1.29 is 14.3 Å². The normalized spacial score (nSPS) is 9.81. The van der Waals surface area contributed by atoms with Gasteiger partial charge in [0.15, 0.2) is 0 Å². The predicted molar refractivity (Wildman–Crippen MR) is 100 cm³/mol. The number of rotatable bonds is 8. The van der Waals surface area contributed by atoms with Gasteiger partial charge in [-0.05, 0) is 48.2 Å². The van der Waals surface area contributed by atoms with Crippen molar-refractivity contribution in [1.82, 2.24) is 0 Å². The molecule has 1 amide bonds. The number of unbranched alkanes of at least 4 members (excludes halogenated alkanes) is 1. The number of anilines is 1. The van der Waals surface area contributed by atoms with Gasteiger partial charge >= 0.3 is 5.97 Å². The smallest absolute Gasteiger partial charge is 0.330 e. The first-order chi connectivity index (χ1) is 12.6. The van der Waals surface area contributed by atoms with Crippen molar-refractivity contribution in [3.8, 4) is 17.2 Å². The van der Waals surface area contributed by atoms with Crippen LogP contribution in [-0.4, -0.2) is 18.5 Å². The van der Waals surface area contributed by atoms with Crippen LogP contribution in [0.15, 0.2) is 61.2 Å². The van der Waals surface area contributed by atoms with E-state index in [4.69, 9.17) is 10.00 Å². The fraction of sp³-hybridized carbons (Fsp3) is 0.190. The highest BCUT2D eigenvalue weighted by Crippen LogP contribution is 2.22. The lowest BCUT2D eigenvalue weighted by molar-refractivity contribution is -0.137. The van der Waals surface area contributed by atoms with Crippen LogP contribution >= 0.6 is 0 Å². The fourth-order valence-electron chi connectivity index (χ4n) is 2.33. The lowest BCUT2D eigenvalue weighted by atomic mass is 10.0. The van der Waals surface area contributed by atoms with Crippen molar-refractivity contribution in [3.05, 3.63) is 66.7 Å². The van der Waals surface area contributed by atoms with Gasteiger partial charge in [-0.15, -0.1) is 0 Å². The van der Waals surface area contributed by atoms with Crippen molar-refractivity contribution >= 4 is 17.6 Å². The summed E-state index contributed by atoms with van der Waals surface area (Å²) in [5.41, 5.74) is 3.37. The van der Waals surface area contributed by atoms with E-state index in [2.05, 4.69) is 18.0 Å². The number of ether oxygens (including phenoxy) is 1. The third kappa shape index (κ3) is 5.91. The van der Waals surface area contributed by atoms with Crippen LogP contribution in [0, 0.1) is 11.3 Å². The van der Waals surface area contributed by atoms with Crippen LogP contribution in [0.2, 0.25) is 0 Å². The Labute approximate surface area is 152 Å². The van der Waals surface area contributed by atoms with Crippen LogP contribution in [0.4, 0.5) is 5.69 Å². The molecule has 0 fully saturated rings. The van der Waals surface area contributed by atoms with Gasteiger partial charge < -0.3 is 10.1 Å². The summed E-state index contributed by atoms with van der Waals surface area (Å²) in [4.78, 5) is 22.8. The fourth-order valence-corrected chi connectivity index (χ4v) is 2.33. The molecule has 1 N–H and O–H groups in total. The van der Waals surface area contributed by atoms with Crippen LogP contribution in [-0.2, 0) is 14.3 Å². The maximum atomic E-state index is 11.9. The Bertz CT molecular complexity index is 803. The topological polar surface area (TPSA) is 79.2 Å². The number of benzene rings is 2. The van der Waals surface area contributed by atoms with Crippen LogP contribution < -0.4 is 5.32 Å². The van der Waals surface area contributed by atoms with E-state index in [1.54, 1.807) is 12.1 Å². The third-order valence-electron chi connectivity index (χ3n) is 3.73. The summed E-state index contributed by atoms with van der Waals surface area (Å²) in [7, 11) is 0. The zero-order valence-electron chi connectivity index (χ0n) is 14.4. The van der Waals surface area contributed by atoms with Gasteiger partial charge in [0.05, 0.1) is 18.2 Å². The Kier molecular flexibility index (Phi) is 7.14. The lowest BCUT2D eigenvalue weighted by Gasteiger charge is -2.07. The SMILES string of the molecule is C=CC(=O)OCCCCC(=O)Nc1ccc(-c2ccc(C#N)cc2)cc1. The molecule has 0 saturated heterocycles. The molecule has 0 aliphatic carbocycles. The molecular formula is C21H20N2O3. The lowest BCUT2D eigenvalue weighted by Crippen LogP contribution is -2.11. The summed E-state index contributed by atoms with van der Waals surface area (Å²) in [5.74, 6) is -0.525. The standard InChI is InChI=1S/C21H20N2O3/c1-2-21(25)26-14-4-3-5-20(24)23-19-12-10-18(11-13-19)17-8-6-16(15-22)7-9-17/h2,6-13H,1,3-5,14H2,(H,23,24). The first-order valence-electron chi connectivity index (χ1n) is 8.32. The van der Waals surface area contributed by atoms with E-state index in [0.717, 1.165) is 22.9 Å². The highest BCUT2D eigenvalue weighted by atomic mass is 16.5. The molecule has 0 unspecified atom stereocenters. The molecule has 0 saturated carbocycles. The zero-order chi connectivity index (χ0) is 18.8. The number of nitrogens with zero attached hydrogens (tertiary/aromatic N) is 1. The summed E-state index contributed by atoms with van der Waals surface area (Å²) >= 11 is 0. The molecule has 0 radical (unpaired) electrons. The summed E-state index contributed by atoms with van der Waals surface area (Å²) in [6, 6.07) is 17.0. The van der Waals surface area contributed by atoms with Crippen molar-refractivity contribution in [1.29, 1.82) is 5.26 Å². The van der Waals surface area contributed by atoms with Crippen molar-refractivity contribution in [2.24, 2.45) is 0 Å². The summed E-state index contributed by atoms with van der Waals surface area (Å²) < 4.78 is 4.85. The van der Waals surface area contributed by atoms with E-state index in [-0.39, 0.29) is 12.5 Å². The maximum Gasteiger partial charge on any atom is 0.330 e. The third-order valence-corrected chi connectivity index (χ3v) is 3.73. The molecular weight excluding hydrogens is 328 g/mol. The van der Waals surface area contributed by atoms with E-state index in [0.29, 0.717) is 24.8 Å². The second kappa shape index (κ2) is 9.80. The Balaban J connectivity index is 1.79. The minimum absolute atomic E-state index is 0.0776. The Morgan fingerprint density at radius 2 is 1.65 bits per heavy atom. The Morgan fingerprint density at radius 3 is 2.23 bits per heavy atom. The highest BCUT2D eigenvalue weighted by molar-refractivity contribution is 5.91. The van der Waals surface area contributed by atoms with E-state index >= 15 is 0 Å². The number of hydrogen-bond donors (Lipinski definition) is 1. The number of esters is 1. The summed E-state index contributed by atoms with van der Waals surface area (Å²) in [6.45, 7) is 3.61. The number of amides is 1. The van der Waals surface area contributed by atoms with Crippen LogP contribution in [0.1, 0.15) is 24.8 Å². The van der Waals surface area contributed by atoms with Gasteiger partial charge in [-0.2, -0.15) is 5.26 Å².